The number of amides is 1. The van der Waals surface area contributed by atoms with Gasteiger partial charge >= 0.3 is 0 Å². The molecule has 0 unspecified atom stereocenters. The molecule has 1 amide bonds. The van der Waals surface area contributed by atoms with Crippen LogP contribution < -0.4 is 14.2 Å². The molecule has 0 aromatic heterocycles. The molecule has 0 aliphatic carbocycles. The van der Waals surface area contributed by atoms with Crippen LogP contribution in [0.2, 0.25) is 0 Å². The van der Waals surface area contributed by atoms with Crippen molar-refractivity contribution in [2.45, 2.75) is 33.4 Å². The van der Waals surface area contributed by atoms with Crippen LogP contribution in [0.4, 0.5) is 0 Å². The van der Waals surface area contributed by atoms with Crippen molar-refractivity contribution in [3.05, 3.63) is 53.6 Å². The lowest BCUT2D eigenvalue weighted by Gasteiger charge is -2.23. The number of ether oxygens (including phenoxy) is 3. The van der Waals surface area contributed by atoms with Gasteiger partial charge in [-0.05, 0) is 56.2 Å². The first-order valence-corrected chi connectivity index (χ1v) is 8.72. The highest BCUT2D eigenvalue weighted by molar-refractivity contribution is 5.80. The Kier molecular flexibility index (Phi) is 6.89. The van der Waals surface area contributed by atoms with E-state index in [1.807, 2.05) is 56.3 Å². The second-order valence-electron chi connectivity index (χ2n) is 6.19. The summed E-state index contributed by atoms with van der Waals surface area (Å²) >= 11 is 0. The third-order valence-corrected chi connectivity index (χ3v) is 3.97. The summed E-state index contributed by atoms with van der Waals surface area (Å²) in [5.74, 6) is 1.97. The summed E-state index contributed by atoms with van der Waals surface area (Å²) in [5.41, 5.74) is 2.06. The van der Waals surface area contributed by atoms with E-state index in [2.05, 4.69) is 0 Å². The third kappa shape index (κ3) is 5.15. The first kappa shape index (κ1) is 19.6. The third-order valence-electron chi connectivity index (χ3n) is 3.97. The highest BCUT2D eigenvalue weighted by atomic mass is 16.5. The molecule has 0 heterocycles. The number of rotatable bonds is 8. The average molecular weight is 357 g/mol. The number of hydrogen-bond donors (Lipinski definition) is 0. The number of aryl methyl sites for hydroxylation is 1. The Morgan fingerprint density at radius 2 is 1.92 bits per heavy atom. The van der Waals surface area contributed by atoms with Crippen LogP contribution in [-0.4, -0.2) is 37.7 Å². The van der Waals surface area contributed by atoms with Crippen molar-refractivity contribution in [3.63, 3.8) is 0 Å². The van der Waals surface area contributed by atoms with Crippen molar-refractivity contribution in [1.29, 1.82) is 0 Å². The van der Waals surface area contributed by atoms with E-state index in [0.717, 1.165) is 11.1 Å². The lowest BCUT2D eigenvalue weighted by molar-refractivity contribution is -0.137. The van der Waals surface area contributed by atoms with Gasteiger partial charge in [0.15, 0.2) is 17.6 Å². The Labute approximate surface area is 155 Å². The molecule has 0 spiro atoms. The van der Waals surface area contributed by atoms with Crippen molar-refractivity contribution in [3.8, 4) is 17.2 Å². The molecule has 0 saturated heterocycles. The van der Waals surface area contributed by atoms with Crippen molar-refractivity contribution < 1.29 is 19.0 Å². The highest BCUT2D eigenvalue weighted by Gasteiger charge is 2.20. The van der Waals surface area contributed by atoms with Crippen LogP contribution in [0.25, 0.3) is 0 Å². The first-order valence-electron chi connectivity index (χ1n) is 8.72. The Bertz CT molecular complexity index is 745. The standard InChI is InChI=1S/C21H27NO4/c1-6-25-19-11-10-17(13-20(19)24-5)14-22(4)21(23)16(3)26-18-9-7-8-15(2)12-18/h7-13,16H,6,14H2,1-5H3/t16-/m0/s1. The number of methoxy groups -OCH3 is 1. The zero-order valence-electron chi connectivity index (χ0n) is 16.1. The molecule has 0 fully saturated rings. The molecule has 5 nitrogen and oxygen atoms in total. The minimum Gasteiger partial charge on any atom is -0.493 e. The van der Waals surface area contributed by atoms with Crippen LogP contribution in [0.1, 0.15) is 25.0 Å². The molecule has 2 aromatic carbocycles. The molecule has 1 atom stereocenters. The van der Waals surface area contributed by atoms with Crippen LogP contribution in [-0.2, 0) is 11.3 Å². The number of carbonyl (C=O) groups is 1. The maximum Gasteiger partial charge on any atom is 0.263 e. The SMILES string of the molecule is CCOc1ccc(CN(C)C(=O)[C@H](C)Oc2cccc(C)c2)cc1OC. The van der Waals surface area contributed by atoms with E-state index in [4.69, 9.17) is 14.2 Å². The molecule has 0 aliphatic rings. The normalized spacial score (nSPS) is 11.6. The lowest BCUT2D eigenvalue weighted by Crippen LogP contribution is -2.37. The predicted octanol–water partition coefficient (Wildman–Crippen LogP) is 3.83. The van der Waals surface area contributed by atoms with Gasteiger partial charge in [0.05, 0.1) is 13.7 Å². The Balaban J connectivity index is 2.01. The second-order valence-corrected chi connectivity index (χ2v) is 6.19. The van der Waals surface area contributed by atoms with E-state index in [0.29, 0.717) is 30.4 Å². The number of hydrogen-bond acceptors (Lipinski definition) is 4. The Morgan fingerprint density at radius 3 is 2.58 bits per heavy atom. The van der Waals surface area contributed by atoms with Gasteiger partial charge in [-0.25, -0.2) is 0 Å². The van der Waals surface area contributed by atoms with E-state index in [1.165, 1.54) is 0 Å². The average Bonchev–Trinajstić information content (AvgIpc) is 2.62. The minimum atomic E-state index is -0.564. The fourth-order valence-corrected chi connectivity index (χ4v) is 2.69. The quantitative estimate of drug-likeness (QED) is 0.720. The molecule has 0 aliphatic heterocycles. The van der Waals surface area contributed by atoms with E-state index < -0.39 is 6.10 Å². The van der Waals surface area contributed by atoms with Crippen molar-refractivity contribution >= 4 is 5.91 Å². The Morgan fingerprint density at radius 1 is 1.15 bits per heavy atom. The molecule has 2 rings (SSSR count). The maximum atomic E-state index is 12.6. The topological polar surface area (TPSA) is 48.0 Å². The summed E-state index contributed by atoms with van der Waals surface area (Å²) in [7, 11) is 3.37. The lowest BCUT2D eigenvalue weighted by atomic mass is 10.2. The zero-order chi connectivity index (χ0) is 19.1. The van der Waals surface area contributed by atoms with Gasteiger partial charge in [0, 0.05) is 13.6 Å². The monoisotopic (exact) mass is 357 g/mol. The molecule has 0 bridgehead atoms. The van der Waals surface area contributed by atoms with Crippen molar-refractivity contribution in [1.82, 2.24) is 4.90 Å². The molecule has 0 radical (unpaired) electrons. The zero-order valence-corrected chi connectivity index (χ0v) is 16.1. The number of likely N-dealkylation sites (N-methyl/N-ethyl adjacent to an activating group) is 1. The summed E-state index contributed by atoms with van der Waals surface area (Å²) in [5, 5.41) is 0. The van der Waals surface area contributed by atoms with Gasteiger partial charge in [-0.15, -0.1) is 0 Å². The predicted molar refractivity (Wildman–Crippen MR) is 102 cm³/mol. The highest BCUT2D eigenvalue weighted by Crippen LogP contribution is 2.28. The smallest absolute Gasteiger partial charge is 0.263 e. The maximum absolute atomic E-state index is 12.6. The largest absolute Gasteiger partial charge is 0.493 e. The molecule has 2 aromatic rings. The Hall–Kier alpha value is -2.69. The molecule has 0 saturated carbocycles. The van der Waals surface area contributed by atoms with Gasteiger partial charge < -0.3 is 19.1 Å². The minimum absolute atomic E-state index is 0.0839. The van der Waals surface area contributed by atoms with Gasteiger partial charge in [-0.3, -0.25) is 4.79 Å². The number of nitrogens with zero attached hydrogens (tertiary/aromatic N) is 1. The summed E-state index contributed by atoms with van der Waals surface area (Å²) in [6, 6.07) is 13.4. The fraction of sp³-hybridized carbons (Fsp3) is 0.381. The molecule has 26 heavy (non-hydrogen) atoms. The molecule has 140 valence electrons. The summed E-state index contributed by atoms with van der Waals surface area (Å²) in [4.78, 5) is 14.3. The summed E-state index contributed by atoms with van der Waals surface area (Å²) in [6.45, 7) is 6.71. The number of carbonyl (C=O) groups excluding carboxylic acids is 1. The van der Waals surface area contributed by atoms with Crippen LogP contribution in [0.5, 0.6) is 17.2 Å². The van der Waals surface area contributed by atoms with E-state index in [1.54, 1.807) is 26.0 Å². The number of benzene rings is 2. The first-order chi connectivity index (χ1) is 12.4. The summed E-state index contributed by atoms with van der Waals surface area (Å²) < 4.78 is 16.7. The van der Waals surface area contributed by atoms with Crippen LogP contribution >= 0.6 is 0 Å². The van der Waals surface area contributed by atoms with Crippen LogP contribution in [0.15, 0.2) is 42.5 Å². The van der Waals surface area contributed by atoms with Crippen molar-refractivity contribution in [2.24, 2.45) is 0 Å². The van der Waals surface area contributed by atoms with Gasteiger partial charge in [-0.2, -0.15) is 0 Å². The van der Waals surface area contributed by atoms with E-state index >= 15 is 0 Å². The fourth-order valence-electron chi connectivity index (χ4n) is 2.69. The molecule has 0 N–H and O–H groups in total. The molecule has 5 heteroatoms. The van der Waals surface area contributed by atoms with Gasteiger partial charge in [0.1, 0.15) is 5.75 Å². The van der Waals surface area contributed by atoms with E-state index in [-0.39, 0.29) is 5.91 Å². The molecular weight excluding hydrogens is 330 g/mol. The second kappa shape index (κ2) is 9.13. The van der Waals surface area contributed by atoms with Crippen LogP contribution in [0, 0.1) is 6.92 Å². The van der Waals surface area contributed by atoms with Gasteiger partial charge in [0.2, 0.25) is 0 Å². The van der Waals surface area contributed by atoms with Crippen LogP contribution in [0.3, 0.4) is 0 Å². The summed E-state index contributed by atoms with van der Waals surface area (Å²) in [6.07, 6.45) is -0.564. The molecular formula is C21H27NO4. The van der Waals surface area contributed by atoms with Gasteiger partial charge in [-0.1, -0.05) is 18.2 Å². The van der Waals surface area contributed by atoms with Crippen molar-refractivity contribution in [2.75, 3.05) is 20.8 Å². The van der Waals surface area contributed by atoms with Gasteiger partial charge in [0.25, 0.3) is 5.91 Å². The van der Waals surface area contributed by atoms with E-state index in [9.17, 15) is 4.79 Å².